The molecule has 72 valence electrons. The zero-order chi connectivity index (χ0) is 9.97. The van der Waals surface area contributed by atoms with E-state index in [1.807, 2.05) is 31.2 Å². The molecule has 0 unspecified atom stereocenters. The number of benzene rings is 1. The summed E-state index contributed by atoms with van der Waals surface area (Å²) in [6, 6.07) is 9.58. The molecule has 1 aromatic carbocycles. The average Bonchev–Trinajstić information content (AvgIpc) is 2.56. The molecule has 0 spiro atoms. The first kappa shape index (κ1) is 8.81. The fraction of sp³-hybridized carbons (Fsp3) is 0.182. The van der Waals surface area contributed by atoms with Gasteiger partial charge in [0.1, 0.15) is 0 Å². The van der Waals surface area contributed by atoms with Gasteiger partial charge in [-0.3, -0.25) is 4.79 Å². The van der Waals surface area contributed by atoms with E-state index in [0.29, 0.717) is 6.54 Å². The van der Waals surface area contributed by atoms with Gasteiger partial charge in [-0.2, -0.15) is 0 Å². The molecule has 3 nitrogen and oxygen atoms in total. The summed E-state index contributed by atoms with van der Waals surface area (Å²) in [5.41, 5.74) is 2.37. The molecule has 14 heavy (non-hydrogen) atoms. The molecule has 2 aromatic rings. The zero-order valence-electron chi connectivity index (χ0n) is 8.03. The molecule has 1 heterocycles. The van der Waals surface area contributed by atoms with E-state index < -0.39 is 0 Å². The summed E-state index contributed by atoms with van der Waals surface area (Å²) in [6.07, 6.45) is 1.65. The summed E-state index contributed by atoms with van der Waals surface area (Å²) in [5, 5.41) is 2.89. The molecule has 0 saturated heterocycles. The van der Waals surface area contributed by atoms with Crippen molar-refractivity contribution in [3.63, 3.8) is 0 Å². The summed E-state index contributed by atoms with van der Waals surface area (Å²) >= 11 is 0. The van der Waals surface area contributed by atoms with E-state index in [2.05, 4.69) is 5.10 Å². The van der Waals surface area contributed by atoms with Crippen LogP contribution in [0, 0.1) is 6.92 Å². The number of nitrogens with zero attached hydrogens (tertiary/aromatic N) is 1. The third kappa shape index (κ3) is 1.62. The van der Waals surface area contributed by atoms with Crippen molar-refractivity contribution in [2.24, 2.45) is 0 Å². The Labute approximate surface area is 82.0 Å². The van der Waals surface area contributed by atoms with Crippen LogP contribution in [0.25, 0.3) is 0 Å². The van der Waals surface area contributed by atoms with Gasteiger partial charge >= 0.3 is 0 Å². The molecule has 0 aliphatic carbocycles. The molecule has 0 aliphatic heterocycles. The Morgan fingerprint density at radius 1 is 1.29 bits per heavy atom. The summed E-state index contributed by atoms with van der Waals surface area (Å²) < 4.78 is 1.59. The SMILES string of the molecule is Cc1ccccc1Cn1[nH]ccc1=O. The second kappa shape index (κ2) is 3.54. The van der Waals surface area contributed by atoms with Crippen LogP contribution < -0.4 is 5.56 Å². The Morgan fingerprint density at radius 2 is 2.07 bits per heavy atom. The first-order valence-corrected chi connectivity index (χ1v) is 4.56. The fourth-order valence-electron chi connectivity index (χ4n) is 1.43. The normalized spacial score (nSPS) is 10.4. The number of hydrogen-bond acceptors (Lipinski definition) is 1. The van der Waals surface area contributed by atoms with Crippen molar-refractivity contribution >= 4 is 0 Å². The van der Waals surface area contributed by atoms with Crippen LogP contribution in [0.3, 0.4) is 0 Å². The van der Waals surface area contributed by atoms with E-state index in [4.69, 9.17) is 0 Å². The molecule has 2 rings (SSSR count). The Kier molecular flexibility index (Phi) is 2.23. The lowest BCUT2D eigenvalue weighted by atomic mass is 10.1. The predicted octanol–water partition coefficient (Wildman–Crippen LogP) is 1.53. The second-order valence-corrected chi connectivity index (χ2v) is 3.31. The number of aryl methyl sites for hydroxylation is 1. The topological polar surface area (TPSA) is 37.8 Å². The summed E-state index contributed by atoms with van der Waals surface area (Å²) in [5.74, 6) is 0. The third-order valence-corrected chi connectivity index (χ3v) is 2.31. The average molecular weight is 188 g/mol. The van der Waals surface area contributed by atoms with E-state index in [9.17, 15) is 4.79 Å². The first-order chi connectivity index (χ1) is 6.77. The number of aromatic nitrogens is 2. The van der Waals surface area contributed by atoms with Crippen LogP contribution in [-0.2, 0) is 6.54 Å². The quantitative estimate of drug-likeness (QED) is 0.762. The van der Waals surface area contributed by atoms with Gasteiger partial charge in [0.25, 0.3) is 5.56 Å². The van der Waals surface area contributed by atoms with Gasteiger partial charge in [0.2, 0.25) is 0 Å². The maximum absolute atomic E-state index is 11.3. The smallest absolute Gasteiger partial charge is 0.266 e. The lowest BCUT2D eigenvalue weighted by Gasteiger charge is -2.05. The van der Waals surface area contributed by atoms with Gasteiger partial charge in [-0.25, -0.2) is 4.68 Å². The van der Waals surface area contributed by atoms with E-state index in [1.54, 1.807) is 10.9 Å². The van der Waals surface area contributed by atoms with E-state index in [-0.39, 0.29) is 5.56 Å². The van der Waals surface area contributed by atoms with Crippen molar-refractivity contribution < 1.29 is 0 Å². The van der Waals surface area contributed by atoms with Gasteiger partial charge in [-0.1, -0.05) is 24.3 Å². The molecular weight excluding hydrogens is 176 g/mol. The number of nitrogens with one attached hydrogen (secondary N) is 1. The highest BCUT2D eigenvalue weighted by molar-refractivity contribution is 5.25. The van der Waals surface area contributed by atoms with Crippen LogP contribution in [0.1, 0.15) is 11.1 Å². The van der Waals surface area contributed by atoms with Crippen molar-refractivity contribution in [2.45, 2.75) is 13.5 Å². The van der Waals surface area contributed by atoms with E-state index in [1.165, 1.54) is 11.6 Å². The van der Waals surface area contributed by atoms with Crippen LogP contribution in [0.4, 0.5) is 0 Å². The fourth-order valence-corrected chi connectivity index (χ4v) is 1.43. The predicted molar refractivity (Wildman–Crippen MR) is 55.3 cm³/mol. The van der Waals surface area contributed by atoms with Gasteiger partial charge in [0.05, 0.1) is 6.54 Å². The van der Waals surface area contributed by atoms with Crippen LogP contribution >= 0.6 is 0 Å². The Bertz CT molecular complexity index is 482. The number of H-pyrrole nitrogens is 1. The largest absolute Gasteiger partial charge is 0.303 e. The van der Waals surface area contributed by atoms with Crippen molar-refractivity contribution in [1.82, 2.24) is 9.78 Å². The van der Waals surface area contributed by atoms with Gasteiger partial charge < -0.3 is 5.10 Å². The standard InChI is InChI=1S/C11H12N2O/c1-9-4-2-3-5-10(9)8-13-11(14)6-7-12-13/h2-7,12H,8H2,1H3. The zero-order valence-corrected chi connectivity index (χ0v) is 8.03. The Balaban J connectivity index is 2.32. The lowest BCUT2D eigenvalue weighted by Crippen LogP contribution is -2.16. The maximum atomic E-state index is 11.3. The van der Waals surface area contributed by atoms with Crippen LogP contribution in [0.15, 0.2) is 41.3 Å². The van der Waals surface area contributed by atoms with Crippen molar-refractivity contribution in [2.75, 3.05) is 0 Å². The minimum Gasteiger partial charge on any atom is -0.303 e. The van der Waals surface area contributed by atoms with Crippen LogP contribution in [0.2, 0.25) is 0 Å². The molecule has 3 heteroatoms. The molecule has 0 fully saturated rings. The molecule has 0 amide bonds. The second-order valence-electron chi connectivity index (χ2n) is 3.31. The van der Waals surface area contributed by atoms with Crippen molar-refractivity contribution in [3.8, 4) is 0 Å². The summed E-state index contributed by atoms with van der Waals surface area (Å²) in [4.78, 5) is 11.3. The van der Waals surface area contributed by atoms with Gasteiger partial charge in [0.15, 0.2) is 0 Å². The molecule has 0 aliphatic rings. The number of rotatable bonds is 2. The highest BCUT2D eigenvalue weighted by Crippen LogP contribution is 2.07. The molecular formula is C11H12N2O. The highest BCUT2D eigenvalue weighted by Gasteiger charge is 1.99. The van der Waals surface area contributed by atoms with Gasteiger partial charge in [-0.15, -0.1) is 0 Å². The third-order valence-electron chi connectivity index (χ3n) is 2.31. The molecule has 0 saturated carbocycles. The van der Waals surface area contributed by atoms with E-state index >= 15 is 0 Å². The molecule has 0 atom stereocenters. The molecule has 0 bridgehead atoms. The molecule has 1 aromatic heterocycles. The van der Waals surface area contributed by atoms with E-state index in [0.717, 1.165) is 5.56 Å². The summed E-state index contributed by atoms with van der Waals surface area (Å²) in [6.45, 7) is 2.65. The summed E-state index contributed by atoms with van der Waals surface area (Å²) in [7, 11) is 0. The highest BCUT2D eigenvalue weighted by atomic mass is 16.1. The maximum Gasteiger partial charge on any atom is 0.266 e. The van der Waals surface area contributed by atoms with Gasteiger partial charge in [0, 0.05) is 12.3 Å². The van der Waals surface area contributed by atoms with Crippen molar-refractivity contribution in [1.29, 1.82) is 0 Å². The minimum atomic E-state index is 0.00764. The molecule has 1 N–H and O–H groups in total. The minimum absolute atomic E-state index is 0.00764. The monoisotopic (exact) mass is 188 g/mol. The Hall–Kier alpha value is -1.77. The van der Waals surface area contributed by atoms with Crippen molar-refractivity contribution in [3.05, 3.63) is 58.0 Å². The molecule has 0 radical (unpaired) electrons. The van der Waals surface area contributed by atoms with Crippen LogP contribution in [-0.4, -0.2) is 9.78 Å². The Morgan fingerprint density at radius 3 is 2.71 bits per heavy atom. The number of aromatic amines is 1. The van der Waals surface area contributed by atoms with Gasteiger partial charge in [-0.05, 0) is 18.1 Å². The lowest BCUT2D eigenvalue weighted by molar-refractivity contribution is 0.661. The number of hydrogen-bond donors (Lipinski definition) is 1. The first-order valence-electron chi connectivity index (χ1n) is 4.56. The van der Waals surface area contributed by atoms with Crippen LogP contribution in [0.5, 0.6) is 0 Å².